The van der Waals surface area contributed by atoms with Crippen molar-refractivity contribution in [1.82, 2.24) is 9.80 Å². The first kappa shape index (κ1) is 25.3. The van der Waals surface area contributed by atoms with Crippen LogP contribution < -0.4 is 4.74 Å². The summed E-state index contributed by atoms with van der Waals surface area (Å²) in [5.74, 6) is 1.11. The van der Waals surface area contributed by atoms with E-state index in [1.165, 1.54) is 19.3 Å². The van der Waals surface area contributed by atoms with Crippen molar-refractivity contribution in [2.45, 2.75) is 76.7 Å². The van der Waals surface area contributed by atoms with Gasteiger partial charge in [-0.05, 0) is 62.8 Å². The van der Waals surface area contributed by atoms with Crippen molar-refractivity contribution in [2.75, 3.05) is 39.4 Å². The van der Waals surface area contributed by atoms with Gasteiger partial charge < -0.3 is 19.3 Å². The van der Waals surface area contributed by atoms with E-state index >= 15 is 0 Å². The fourth-order valence-corrected chi connectivity index (χ4v) is 5.63. The minimum Gasteiger partial charge on any atom is -0.490 e. The topological polar surface area (TPSA) is 59.1 Å². The number of amides is 2. The molecule has 2 heterocycles. The zero-order valence-electron chi connectivity index (χ0n) is 20.5. The van der Waals surface area contributed by atoms with Crippen LogP contribution >= 0.6 is 11.6 Å². The maximum absolute atomic E-state index is 13.5. The molecule has 2 amide bonds. The smallest absolute Gasteiger partial charge is 0.225 e. The Hall–Kier alpha value is -1.79. The summed E-state index contributed by atoms with van der Waals surface area (Å²) in [6.07, 6.45) is 10.1. The lowest BCUT2D eigenvalue weighted by Gasteiger charge is -2.44. The fourth-order valence-electron chi connectivity index (χ4n) is 5.52. The lowest BCUT2D eigenvalue weighted by Crippen LogP contribution is -2.59. The van der Waals surface area contributed by atoms with E-state index < -0.39 is 5.60 Å². The minimum absolute atomic E-state index is 0.0935. The molecule has 34 heavy (non-hydrogen) atoms. The summed E-state index contributed by atoms with van der Waals surface area (Å²) in [7, 11) is 0. The molecule has 6 nitrogen and oxygen atoms in total. The Morgan fingerprint density at radius 1 is 1.03 bits per heavy atom. The first-order chi connectivity index (χ1) is 16.5. The summed E-state index contributed by atoms with van der Waals surface area (Å²) in [5.41, 5.74) is 0.0908. The predicted molar refractivity (Wildman–Crippen MR) is 133 cm³/mol. The third-order valence-electron chi connectivity index (χ3n) is 7.58. The second-order valence-electron chi connectivity index (χ2n) is 10.3. The Balaban J connectivity index is 1.49. The number of benzene rings is 1. The highest BCUT2D eigenvalue weighted by atomic mass is 35.5. The highest BCUT2D eigenvalue weighted by Gasteiger charge is 2.43. The molecule has 7 heteroatoms. The van der Waals surface area contributed by atoms with Gasteiger partial charge in [-0.3, -0.25) is 9.59 Å². The first-order valence-corrected chi connectivity index (χ1v) is 13.4. The van der Waals surface area contributed by atoms with E-state index in [0.29, 0.717) is 30.5 Å². The molecule has 0 bridgehead atoms. The van der Waals surface area contributed by atoms with Crippen LogP contribution in [0.5, 0.6) is 5.75 Å². The quantitative estimate of drug-likeness (QED) is 0.526. The van der Waals surface area contributed by atoms with Crippen LogP contribution in [0.25, 0.3) is 0 Å². The number of halogens is 1. The van der Waals surface area contributed by atoms with Crippen molar-refractivity contribution in [2.24, 2.45) is 5.92 Å². The second kappa shape index (κ2) is 11.8. The number of likely N-dealkylation sites (tertiary alicyclic amines) is 1. The molecule has 0 aromatic heterocycles. The minimum atomic E-state index is -0.847. The number of carbonyl (C=O) groups excluding carboxylic acids is 2. The van der Waals surface area contributed by atoms with Gasteiger partial charge in [0, 0.05) is 30.6 Å². The Morgan fingerprint density at radius 3 is 2.44 bits per heavy atom. The van der Waals surface area contributed by atoms with Gasteiger partial charge in [0.2, 0.25) is 11.8 Å². The zero-order valence-corrected chi connectivity index (χ0v) is 21.3. The van der Waals surface area contributed by atoms with Crippen LogP contribution in [0.4, 0.5) is 0 Å². The number of aryl methyl sites for hydroxylation is 1. The summed E-state index contributed by atoms with van der Waals surface area (Å²) in [6.45, 7) is 5.17. The van der Waals surface area contributed by atoms with E-state index in [1.54, 1.807) is 0 Å². The molecule has 1 aliphatic carbocycles. The third kappa shape index (κ3) is 6.45. The standard InChI is InChI=1S/C27H39ClN2O4/c1-21-17-23(11-12-24(21)28)33-20-27(18-25(31)29-13-7-4-8-14-29)19-30(15-16-34-27)26(32)22-9-5-2-3-6-10-22/h11-12,17,22H,2-10,13-16,18-20H2,1H3/t27-/m1/s1. The van der Waals surface area contributed by atoms with E-state index in [-0.39, 0.29) is 30.8 Å². The molecule has 188 valence electrons. The van der Waals surface area contributed by atoms with Gasteiger partial charge in [-0.2, -0.15) is 0 Å². The molecule has 0 N–H and O–H groups in total. The largest absolute Gasteiger partial charge is 0.490 e. The number of carbonyl (C=O) groups is 2. The van der Waals surface area contributed by atoms with Gasteiger partial charge in [-0.25, -0.2) is 0 Å². The van der Waals surface area contributed by atoms with Crippen molar-refractivity contribution < 1.29 is 19.1 Å². The van der Waals surface area contributed by atoms with E-state index in [2.05, 4.69) is 0 Å². The van der Waals surface area contributed by atoms with Gasteiger partial charge in [0.05, 0.1) is 19.6 Å². The molecule has 1 saturated carbocycles. The Kier molecular flexibility index (Phi) is 8.75. The van der Waals surface area contributed by atoms with Gasteiger partial charge in [-0.15, -0.1) is 0 Å². The normalized spacial score (nSPS) is 24.5. The molecule has 0 spiro atoms. The Bertz CT molecular complexity index is 849. The summed E-state index contributed by atoms with van der Waals surface area (Å²) in [5, 5.41) is 0.691. The van der Waals surface area contributed by atoms with Crippen LogP contribution in [-0.2, 0) is 14.3 Å². The molecule has 1 atom stereocenters. The van der Waals surface area contributed by atoms with E-state index in [0.717, 1.165) is 57.2 Å². The number of rotatable bonds is 6. The highest BCUT2D eigenvalue weighted by molar-refractivity contribution is 6.31. The first-order valence-electron chi connectivity index (χ1n) is 13.1. The Morgan fingerprint density at radius 2 is 1.74 bits per heavy atom. The monoisotopic (exact) mass is 490 g/mol. The number of hydrogen-bond donors (Lipinski definition) is 0. The van der Waals surface area contributed by atoms with Gasteiger partial charge in [-0.1, -0.05) is 37.3 Å². The van der Waals surface area contributed by atoms with Crippen molar-refractivity contribution >= 4 is 23.4 Å². The van der Waals surface area contributed by atoms with Crippen LogP contribution in [-0.4, -0.2) is 66.6 Å². The predicted octanol–water partition coefficient (Wildman–Crippen LogP) is 5.00. The summed E-state index contributed by atoms with van der Waals surface area (Å²) >= 11 is 6.18. The molecule has 3 fully saturated rings. The molecule has 1 aromatic carbocycles. The van der Waals surface area contributed by atoms with Crippen molar-refractivity contribution in [3.05, 3.63) is 28.8 Å². The van der Waals surface area contributed by atoms with Crippen LogP contribution in [0.1, 0.15) is 69.8 Å². The summed E-state index contributed by atoms with van der Waals surface area (Å²) in [6, 6.07) is 5.56. The van der Waals surface area contributed by atoms with Crippen molar-refractivity contribution in [3.8, 4) is 5.75 Å². The number of nitrogens with zero attached hydrogens (tertiary/aromatic N) is 2. The molecular formula is C27H39ClN2O4. The van der Waals surface area contributed by atoms with Crippen molar-refractivity contribution in [1.29, 1.82) is 0 Å². The lowest BCUT2D eigenvalue weighted by molar-refractivity contribution is -0.168. The van der Waals surface area contributed by atoms with E-state index in [4.69, 9.17) is 21.1 Å². The molecule has 0 radical (unpaired) electrons. The molecular weight excluding hydrogens is 452 g/mol. The van der Waals surface area contributed by atoms with Crippen LogP contribution in [0.15, 0.2) is 18.2 Å². The molecule has 2 aliphatic heterocycles. The van der Waals surface area contributed by atoms with Crippen LogP contribution in [0.2, 0.25) is 5.02 Å². The number of hydrogen-bond acceptors (Lipinski definition) is 4. The SMILES string of the molecule is Cc1cc(OC[C@@]2(CC(=O)N3CCCCC3)CN(C(=O)C3CCCCCC3)CCO2)ccc1Cl. The van der Waals surface area contributed by atoms with Gasteiger partial charge in [0.1, 0.15) is 18.0 Å². The zero-order chi connectivity index (χ0) is 24.0. The summed E-state index contributed by atoms with van der Waals surface area (Å²) in [4.78, 5) is 30.6. The molecule has 3 aliphatic rings. The average Bonchev–Trinajstić information content (AvgIpc) is 3.15. The number of ether oxygens (including phenoxy) is 2. The van der Waals surface area contributed by atoms with E-state index in [1.807, 2.05) is 34.9 Å². The molecule has 0 unspecified atom stereocenters. The van der Waals surface area contributed by atoms with Gasteiger partial charge in [0.15, 0.2) is 0 Å². The molecule has 2 saturated heterocycles. The molecule has 1 aromatic rings. The van der Waals surface area contributed by atoms with Crippen LogP contribution in [0.3, 0.4) is 0 Å². The maximum atomic E-state index is 13.5. The molecule has 4 rings (SSSR count). The summed E-state index contributed by atoms with van der Waals surface area (Å²) < 4.78 is 12.5. The fraction of sp³-hybridized carbons (Fsp3) is 0.704. The average molecular weight is 491 g/mol. The Labute approximate surface area is 208 Å². The highest BCUT2D eigenvalue weighted by Crippen LogP contribution is 2.30. The van der Waals surface area contributed by atoms with Crippen molar-refractivity contribution in [3.63, 3.8) is 0 Å². The van der Waals surface area contributed by atoms with Gasteiger partial charge >= 0.3 is 0 Å². The third-order valence-corrected chi connectivity index (χ3v) is 8.00. The second-order valence-corrected chi connectivity index (χ2v) is 10.7. The maximum Gasteiger partial charge on any atom is 0.225 e. The number of piperidine rings is 1. The van der Waals surface area contributed by atoms with Gasteiger partial charge in [0.25, 0.3) is 0 Å². The number of morpholine rings is 1. The van der Waals surface area contributed by atoms with E-state index in [9.17, 15) is 9.59 Å². The lowest BCUT2D eigenvalue weighted by atomic mass is 9.93. The van der Waals surface area contributed by atoms with Crippen LogP contribution in [0, 0.1) is 12.8 Å².